The lowest BCUT2D eigenvalue weighted by molar-refractivity contribution is -0.123. The van der Waals surface area contributed by atoms with Crippen molar-refractivity contribution in [3.05, 3.63) is 54.1 Å². The number of benzene rings is 2. The summed E-state index contributed by atoms with van der Waals surface area (Å²) in [5.41, 5.74) is 7.94. The van der Waals surface area contributed by atoms with Gasteiger partial charge in [-0.15, -0.1) is 11.3 Å². The Morgan fingerprint density at radius 2 is 1.85 bits per heavy atom. The van der Waals surface area contributed by atoms with E-state index < -0.39 is 0 Å². The molecule has 2 heterocycles. The molecule has 0 radical (unpaired) electrons. The van der Waals surface area contributed by atoms with Gasteiger partial charge in [0.2, 0.25) is 5.91 Å². The van der Waals surface area contributed by atoms with Gasteiger partial charge in [-0.1, -0.05) is 24.3 Å². The largest absolute Gasteiger partial charge is 0.369 e. The predicted octanol–water partition coefficient (Wildman–Crippen LogP) is 3.30. The minimum absolute atomic E-state index is 0.00381. The number of thiazole rings is 1. The molecule has 0 spiro atoms. The molecule has 1 saturated heterocycles. The van der Waals surface area contributed by atoms with Gasteiger partial charge in [-0.3, -0.25) is 9.59 Å². The first-order valence-corrected chi connectivity index (χ1v) is 9.48. The summed E-state index contributed by atoms with van der Waals surface area (Å²) in [6.45, 7) is 1.13. The number of likely N-dealkylation sites (tertiary alicyclic amines) is 1. The van der Waals surface area contributed by atoms with Crippen molar-refractivity contribution in [1.29, 1.82) is 0 Å². The Morgan fingerprint density at radius 3 is 2.58 bits per heavy atom. The Hall–Kier alpha value is -2.73. The molecule has 0 bridgehead atoms. The normalized spacial score (nSPS) is 15.3. The molecule has 0 atom stereocenters. The molecule has 132 valence electrons. The number of piperidine rings is 1. The second-order valence-electron chi connectivity index (χ2n) is 6.54. The second-order valence-corrected chi connectivity index (χ2v) is 7.57. The highest BCUT2D eigenvalue weighted by Crippen LogP contribution is 2.30. The van der Waals surface area contributed by atoms with Crippen molar-refractivity contribution in [2.75, 3.05) is 13.1 Å². The quantitative estimate of drug-likeness (QED) is 0.774. The highest BCUT2D eigenvalue weighted by atomic mass is 32.1. The van der Waals surface area contributed by atoms with E-state index in [1.807, 2.05) is 48.5 Å². The van der Waals surface area contributed by atoms with E-state index in [2.05, 4.69) is 4.98 Å². The number of hydrogen-bond donors (Lipinski definition) is 1. The number of fused-ring (bicyclic) bond motifs is 1. The number of carbonyl (C=O) groups is 2. The van der Waals surface area contributed by atoms with Gasteiger partial charge in [-0.2, -0.15) is 0 Å². The van der Waals surface area contributed by atoms with Gasteiger partial charge < -0.3 is 10.6 Å². The smallest absolute Gasteiger partial charge is 0.253 e. The fraction of sp³-hybridized carbons (Fsp3) is 0.250. The van der Waals surface area contributed by atoms with Crippen LogP contribution in [0.4, 0.5) is 0 Å². The van der Waals surface area contributed by atoms with Crippen LogP contribution in [0.2, 0.25) is 0 Å². The number of nitrogens with two attached hydrogens (primary N) is 1. The fourth-order valence-electron chi connectivity index (χ4n) is 3.33. The Balaban J connectivity index is 1.56. The number of para-hydroxylation sites is 1. The SMILES string of the molecule is NC(=O)C1CCN(C(=O)c2cccc(-c3nc4ccccc4s3)c2)CC1. The Labute approximate surface area is 155 Å². The van der Waals surface area contributed by atoms with Crippen LogP contribution in [0.25, 0.3) is 20.8 Å². The van der Waals surface area contributed by atoms with E-state index in [-0.39, 0.29) is 17.7 Å². The first kappa shape index (κ1) is 16.7. The zero-order chi connectivity index (χ0) is 18.1. The molecule has 1 fully saturated rings. The number of primary amides is 1. The maximum atomic E-state index is 12.8. The Morgan fingerprint density at radius 1 is 1.08 bits per heavy atom. The van der Waals surface area contributed by atoms with E-state index in [0.29, 0.717) is 31.5 Å². The highest BCUT2D eigenvalue weighted by Gasteiger charge is 2.26. The van der Waals surface area contributed by atoms with Gasteiger partial charge in [-0.25, -0.2) is 4.98 Å². The summed E-state index contributed by atoms with van der Waals surface area (Å²) in [6, 6.07) is 15.6. The first-order valence-electron chi connectivity index (χ1n) is 8.66. The third-order valence-electron chi connectivity index (χ3n) is 4.83. The maximum absolute atomic E-state index is 12.8. The Bertz CT molecular complexity index is 941. The molecule has 2 aromatic carbocycles. The number of rotatable bonds is 3. The molecular formula is C20H19N3O2S. The Kier molecular flexibility index (Phi) is 4.42. The molecule has 1 aliphatic heterocycles. The summed E-state index contributed by atoms with van der Waals surface area (Å²) in [6.07, 6.45) is 1.28. The van der Waals surface area contributed by atoms with Gasteiger partial charge in [0, 0.05) is 30.1 Å². The zero-order valence-corrected chi connectivity index (χ0v) is 15.0. The lowest BCUT2D eigenvalue weighted by Crippen LogP contribution is -2.41. The van der Waals surface area contributed by atoms with Crippen molar-refractivity contribution in [2.45, 2.75) is 12.8 Å². The monoisotopic (exact) mass is 365 g/mol. The lowest BCUT2D eigenvalue weighted by Gasteiger charge is -2.30. The highest BCUT2D eigenvalue weighted by molar-refractivity contribution is 7.21. The van der Waals surface area contributed by atoms with Crippen LogP contribution in [0.3, 0.4) is 0 Å². The molecule has 2 amide bonds. The summed E-state index contributed by atoms with van der Waals surface area (Å²) in [7, 11) is 0. The van der Waals surface area contributed by atoms with E-state index in [1.165, 1.54) is 0 Å². The van der Waals surface area contributed by atoms with E-state index in [1.54, 1.807) is 16.2 Å². The van der Waals surface area contributed by atoms with Crippen molar-refractivity contribution in [3.63, 3.8) is 0 Å². The van der Waals surface area contributed by atoms with Gasteiger partial charge in [-0.05, 0) is 37.1 Å². The molecular weight excluding hydrogens is 346 g/mol. The molecule has 0 unspecified atom stereocenters. The summed E-state index contributed by atoms with van der Waals surface area (Å²) in [5, 5.41) is 0.910. The van der Waals surface area contributed by atoms with Gasteiger partial charge in [0.25, 0.3) is 5.91 Å². The number of amides is 2. The predicted molar refractivity (Wildman–Crippen MR) is 103 cm³/mol. The van der Waals surface area contributed by atoms with E-state index >= 15 is 0 Å². The average Bonchev–Trinajstić information content (AvgIpc) is 3.12. The molecule has 2 N–H and O–H groups in total. The summed E-state index contributed by atoms with van der Waals surface area (Å²) in [5.74, 6) is -0.390. The van der Waals surface area contributed by atoms with E-state index in [9.17, 15) is 9.59 Å². The molecule has 0 aliphatic carbocycles. The van der Waals surface area contributed by atoms with E-state index in [0.717, 1.165) is 20.8 Å². The second kappa shape index (κ2) is 6.88. The maximum Gasteiger partial charge on any atom is 0.253 e. The van der Waals surface area contributed by atoms with Crippen molar-refractivity contribution in [1.82, 2.24) is 9.88 Å². The molecule has 4 rings (SSSR count). The standard InChI is InChI=1S/C20H19N3O2S/c21-18(24)13-8-10-23(11-9-13)20(25)15-5-3-4-14(12-15)19-22-16-6-1-2-7-17(16)26-19/h1-7,12-13H,8-11H2,(H2,21,24). The number of nitrogens with zero attached hydrogens (tertiary/aromatic N) is 2. The molecule has 3 aromatic rings. The minimum atomic E-state index is -0.269. The third-order valence-corrected chi connectivity index (χ3v) is 5.92. The van der Waals surface area contributed by atoms with Crippen molar-refractivity contribution in [3.8, 4) is 10.6 Å². The summed E-state index contributed by atoms with van der Waals surface area (Å²) >= 11 is 1.62. The van der Waals surface area contributed by atoms with Crippen molar-refractivity contribution in [2.24, 2.45) is 11.7 Å². The van der Waals surface area contributed by atoms with Crippen LogP contribution in [0, 0.1) is 5.92 Å². The molecule has 5 nitrogen and oxygen atoms in total. The molecule has 1 aliphatic rings. The van der Waals surface area contributed by atoms with Crippen LogP contribution in [0.1, 0.15) is 23.2 Å². The fourth-order valence-corrected chi connectivity index (χ4v) is 4.29. The molecule has 1 aromatic heterocycles. The lowest BCUT2D eigenvalue weighted by atomic mass is 9.95. The van der Waals surface area contributed by atoms with Crippen LogP contribution in [-0.4, -0.2) is 34.8 Å². The van der Waals surface area contributed by atoms with E-state index in [4.69, 9.17) is 5.73 Å². The molecule has 0 saturated carbocycles. The number of hydrogen-bond acceptors (Lipinski definition) is 4. The van der Waals surface area contributed by atoms with Crippen molar-refractivity contribution < 1.29 is 9.59 Å². The minimum Gasteiger partial charge on any atom is -0.369 e. The first-order chi connectivity index (χ1) is 12.6. The van der Waals surface area contributed by atoms with Gasteiger partial charge in [0.05, 0.1) is 10.2 Å². The van der Waals surface area contributed by atoms with Crippen LogP contribution >= 0.6 is 11.3 Å². The van der Waals surface area contributed by atoms with Crippen LogP contribution in [0.15, 0.2) is 48.5 Å². The van der Waals surface area contributed by atoms with Crippen LogP contribution < -0.4 is 5.73 Å². The third kappa shape index (κ3) is 3.20. The summed E-state index contributed by atoms with van der Waals surface area (Å²) in [4.78, 5) is 30.6. The van der Waals surface area contributed by atoms with Crippen LogP contribution in [0.5, 0.6) is 0 Å². The molecule has 26 heavy (non-hydrogen) atoms. The zero-order valence-electron chi connectivity index (χ0n) is 14.2. The number of aromatic nitrogens is 1. The number of carbonyl (C=O) groups excluding carboxylic acids is 2. The van der Waals surface area contributed by atoms with Crippen molar-refractivity contribution >= 4 is 33.4 Å². The summed E-state index contributed by atoms with van der Waals surface area (Å²) < 4.78 is 1.13. The van der Waals surface area contributed by atoms with Gasteiger partial charge in [0.15, 0.2) is 0 Å². The van der Waals surface area contributed by atoms with Gasteiger partial charge in [0.1, 0.15) is 5.01 Å². The van der Waals surface area contributed by atoms with Gasteiger partial charge >= 0.3 is 0 Å². The van der Waals surface area contributed by atoms with Crippen LogP contribution in [-0.2, 0) is 4.79 Å². The topological polar surface area (TPSA) is 76.3 Å². The average molecular weight is 365 g/mol. The molecule has 6 heteroatoms.